The Hall–Kier alpha value is -1.16. The van der Waals surface area contributed by atoms with Crippen molar-refractivity contribution < 1.29 is 9.53 Å². The van der Waals surface area contributed by atoms with Crippen molar-refractivity contribution in [3.05, 3.63) is 29.8 Å². The first-order valence-electron chi connectivity index (χ1n) is 5.05. The van der Waals surface area contributed by atoms with E-state index >= 15 is 0 Å². The Morgan fingerprint density at radius 2 is 1.81 bits per heavy atom. The summed E-state index contributed by atoms with van der Waals surface area (Å²) in [6.07, 6.45) is 1.95. The van der Waals surface area contributed by atoms with Crippen LogP contribution in [-0.2, 0) is 4.74 Å². The summed E-state index contributed by atoms with van der Waals surface area (Å²) in [5.41, 5.74) is 1.09. The van der Waals surface area contributed by atoms with Crippen molar-refractivity contribution in [2.24, 2.45) is 0 Å². The van der Waals surface area contributed by atoms with Crippen LogP contribution in [0.4, 0.5) is 5.69 Å². The maximum Gasteiger partial charge on any atom is 0.338 e. The van der Waals surface area contributed by atoms with E-state index in [1.165, 1.54) is 11.9 Å². The van der Waals surface area contributed by atoms with Gasteiger partial charge in [0.15, 0.2) is 0 Å². The third-order valence-corrected chi connectivity index (χ3v) is 2.18. The number of nitrogens with one attached hydrogen (secondary N) is 1. The smallest absolute Gasteiger partial charge is 0.338 e. The van der Waals surface area contributed by atoms with Crippen LogP contribution in [0.15, 0.2) is 24.3 Å². The Balaban J connectivity index is 2.70. The molecule has 0 bridgehead atoms. The van der Waals surface area contributed by atoms with Gasteiger partial charge in [0.2, 0.25) is 0 Å². The molecule has 88 valence electrons. The summed E-state index contributed by atoms with van der Waals surface area (Å²) in [4.78, 5) is 11.7. The first-order chi connectivity index (χ1) is 7.42. The lowest BCUT2D eigenvalue weighted by molar-refractivity contribution is 0.00696. The van der Waals surface area contributed by atoms with Crippen LogP contribution in [0, 0.1) is 0 Å². The van der Waals surface area contributed by atoms with Crippen molar-refractivity contribution in [3.8, 4) is 0 Å². The highest BCUT2D eigenvalue weighted by Crippen LogP contribution is 2.16. The second-order valence-corrected chi connectivity index (χ2v) is 5.00. The van der Waals surface area contributed by atoms with Crippen LogP contribution < -0.4 is 4.72 Å². The molecule has 0 aliphatic heterocycles. The number of hydrogen-bond acceptors (Lipinski definition) is 4. The predicted octanol–water partition coefficient (Wildman–Crippen LogP) is 3.33. The summed E-state index contributed by atoms with van der Waals surface area (Å²) < 4.78 is 8.35. The summed E-state index contributed by atoms with van der Waals surface area (Å²) in [7, 11) is 0. The van der Waals surface area contributed by atoms with E-state index in [9.17, 15) is 4.79 Å². The zero-order valence-electron chi connectivity index (χ0n) is 10.0. The minimum Gasteiger partial charge on any atom is -0.456 e. The molecular formula is C12H17NO2S. The quantitative estimate of drug-likeness (QED) is 0.648. The van der Waals surface area contributed by atoms with Crippen LogP contribution >= 0.6 is 11.9 Å². The average Bonchev–Trinajstić information content (AvgIpc) is 2.16. The van der Waals surface area contributed by atoms with Crippen molar-refractivity contribution in [1.82, 2.24) is 0 Å². The second-order valence-electron chi connectivity index (χ2n) is 4.39. The van der Waals surface area contributed by atoms with Crippen LogP contribution in [0.25, 0.3) is 0 Å². The van der Waals surface area contributed by atoms with Crippen molar-refractivity contribution in [3.63, 3.8) is 0 Å². The number of hydrogen-bond donors (Lipinski definition) is 1. The number of anilines is 1. The van der Waals surface area contributed by atoms with E-state index in [1.54, 1.807) is 12.1 Å². The summed E-state index contributed by atoms with van der Waals surface area (Å²) in [5.74, 6) is -0.289. The maximum absolute atomic E-state index is 11.7. The van der Waals surface area contributed by atoms with Crippen LogP contribution in [0.2, 0.25) is 0 Å². The fraction of sp³-hybridized carbons (Fsp3) is 0.417. The lowest BCUT2D eigenvalue weighted by Crippen LogP contribution is -2.23. The zero-order valence-corrected chi connectivity index (χ0v) is 10.9. The molecule has 0 spiro atoms. The molecule has 16 heavy (non-hydrogen) atoms. The van der Waals surface area contributed by atoms with Crippen LogP contribution in [0.5, 0.6) is 0 Å². The zero-order chi connectivity index (χ0) is 12.2. The molecule has 0 aliphatic rings. The molecule has 0 saturated heterocycles. The Morgan fingerprint density at radius 1 is 1.25 bits per heavy atom. The van der Waals surface area contributed by atoms with Gasteiger partial charge >= 0.3 is 5.97 Å². The number of carbonyl (C=O) groups is 1. The van der Waals surface area contributed by atoms with Gasteiger partial charge in [-0.2, -0.15) is 0 Å². The molecule has 0 atom stereocenters. The average molecular weight is 239 g/mol. The predicted molar refractivity (Wildman–Crippen MR) is 68.7 cm³/mol. The number of rotatable bonds is 3. The Morgan fingerprint density at radius 3 is 2.25 bits per heavy atom. The largest absolute Gasteiger partial charge is 0.456 e. The van der Waals surface area contributed by atoms with E-state index in [-0.39, 0.29) is 5.97 Å². The first kappa shape index (κ1) is 12.9. The highest BCUT2D eigenvalue weighted by atomic mass is 32.2. The monoisotopic (exact) mass is 239 g/mol. The molecular weight excluding hydrogens is 222 g/mol. The molecule has 0 unspecified atom stereocenters. The lowest BCUT2D eigenvalue weighted by atomic mass is 10.1. The van der Waals surface area contributed by atoms with Gasteiger partial charge in [-0.05, 0) is 45.0 Å². The summed E-state index contributed by atoms with van der Waals surface area (Å²) >= 11 is 1.51. The van der Waals surface area contributed by atoms with Gasteiger partial charge in [-0.15, -0.1) is 0 Å². The molecule has 4 heteroatoms. The highest BCUT2D eigenvalue weighted by molar-refractivity contribution is 7.99. The lowest BCUT2D eigenvalue weighted by Gasteiger charge is -2.19. The fourth-order valence-electron chi connectivity index (χ4n) is 1.13. The van der Waals surface area contributed by atoms with E-state index in [1.807, 2.05) is 39.2 Å². The topological polar surface area (TPSA) is 38.3 Å². The molecule has 0 aliphatic carbocycles. The number of carbonyl (C=O) groups excluding carboxylic acids is 1. The molecule has 0 radical (unpaired) electrons. The van der Waals surface area contributed by atoms with Crippen LogP contribution in [0.3, 0.4) is 0 Å². The Kier molecular flexibility index (Phi) is 4.24. The highest BCUT2D eigenvalue weighted by Gasteiger charge is 2.17. The summed E-state index contributed by atoms with van der Waals surface area (Å²) in [6.45, 7) is 5.57. The molecule has 0 amide bonds. The van der Waals surface area contributed by atoms with Crippen molar-refractivity contribution in [2.75, 3.05) is 11.0 Å². The van der Waals surface area contributed by atoms with Crippen molar-refractivity contribution in [1.29, 1.82) is 0 Å². The number of esters is 1. The molecule has 1 aromatic carbocycles. The molecule has 3 nitrogen and oxygen atoms in total. The molecule has 0 heterocycles. The summed E-state index contributed by atoms with van der Waals surface area (Å²) in [6, 6.07) is 7.23. The van der Waals surface area contributed by atoms with E-state index in [0.717, 1.165) is 5.69 Å². The summed E-state index contributed by atoms with van der Waals surface area (Å²) in [5, 5.41) is 0. The Labute approximate surface area is 101 Å². The normalized spacial score (nSPS) is 11.0. The molecule has 0 saturated carbocycles. The Bertz CT molecular complexity index is 354. The van der Waals surface area contributed by atoms with Crippen LogP contribution in [0.1, 0.15) is 31.1 Å². The van der Waals surface area contributed by atoms with E-state index in [0.29, 0.717) is 5.56 Å². The first-order valence-corrected chi connectivity index (χ1v) is 6.27. The molecule has 0 fully saturated rings. The van der Waals surface area contributed by atoms with Crippen molar-refractivity contribution in [2.45, 2.75) is 26.4 Å². The van der Waals surface area contributed by atoms with Gasteiger partial charge in [0, 0.05) is 11.9 Å². The minimum atomic E-state index is -0.451. The van der Waals surface area contributed by atoms with E-state index in [2.05, 4.69) is 4.72 Å². The fourth-order valence-corrected chi connectivity index (χ4v) is 1.50. The number of ether oxygens (including phenoxy) is 1. The van der Waals surface area contributed by atoms with Gasteiger partial charge in [-0.3, -0.25) is 0 Å². The third kappa shape index (κ3) is 4.14. The van der Waals surface area contributed by atoms with Gasteiger partial charge in [-0.25, -0.2) is 4.79 Å². The third-order valence-electron chi connectivity index (χ3n) is 1.74. The minimum absolute atomic E-state index is 0.289. The van der Waals surface area contributed by atoms with Gasteiger partial charge in [0.1, 0.15) is 5.60 Å². The second kappa shape index (κ2) is 5.25. The SMILES string of the molecule is CSNc1ccc(C(=O)OC(C)(C)C)cc1. The van der Waals surface area contributed by atoms with Crippen LogP contribution in [-0.4, -0.2) is 17.8 Å². The molecule has 1 rings (SSSR count). The van der Waals surface area contributed by atoms with Crippen molar-refractivity contribution >= 4 is 23.6 Å². The molecule has 1 N–H and O–H groups in total. The van der Waals surface area contributed by atoms with E-state index in [4.69, 9.17) is 4.74 Å². The van der Waals surface area contributed by atoms with Gasteiger partial charge in [0.25, 0.3) is 0 Å². The maximum atomic E-state index is 11.7. The standard InChI is InChI=1S/C12H17NO2S/c1-12(2,3)15-11(14)9-5-7-10(8-6-9)13-16-4/h5-8,13H,1-4H3. The van der Waals surface area contributed by atoms with E-state index < -0.39 is 5.60 Å². The number of benzene rings is 1. The van der Waals surface area contributed by atoms with Gasteiger partial charge in [0.05, 0.1) is 5.56 Å². The molecule has 0 aromatic heterocycles. The van der Waals surface area contributed by atoms with Gasteiger partial charge < -0.3 is 9.46 Å². The molecule has 1 aromatic rings. The van der Waals surface area contributed by atoms with Gasteiger partial charge in [-0.1, -0.05) is 11.9 Å².